The van der Waals surface area contributed by atoms with Gasteiger partial charge in [0.05, 0.1) is 11.9 Å². The average molecular weight is 264 g/mol. The number of nitrogens with one attached hydrogen (secondary N) is 2. The first kappa shape index (κ1) is 14.9. The molecule has 0 saturated heterocycles. The third-order valence-corrected chi connectivity index (χ3v) is 4.07. The van der Waals surface area contributed by atoms with Crippen molar-refractivity contribution in [2.75, 3.05) is 25.4 Å². The topological polar surface area (TPSA) is 67.4 Å². The Morgan fingerprint density at radius 1 is 1.41 bits per heavy atom. The number of ether oxygens (including phenoxy) is 1. The zero-order chi connectivity index (χ0) is 12.7. The molecule has 1 atom stereocenters. The number of rotatable bonds is 10. The average Bonchev–Trinajstić information content (AvgIpc) is 3.06. The fraction of sp³-hybridized carbons (Fsp3) is 1.00. The van der Waals surface area contributed by atoms with Gasteiger partial charge in [0, 0.05) is 19.2 Å². The lowest BCUT2D eigenvalue weighted by Gasteiger charge is -2.12. The Morgan fingerprint density at radius 2 is 2.12 bits per heavy atom. The quantitative estimate of drug-likeness (QED) is 0.563. The molecule has 1 aliphatic rings. The first-order valence-electron chi connectivity index (χ1n) is 6.36. The van der Waals surface area contributed by atoms with E-state index < -0.39 is 10.0 Å². The van der Waals surface area contributed by atoms with Crippen LogP contribution in [0.25, 0.3) is 0 Å². The summed E-state index contributed by atoms with van der Waals surface area (Å²) in [6.45, 7) is 5.50. The number of hydrogen-bond acceptors (Lipinski definition) is 4. The van der Waals surface area contributed by atoms with Gasteiger partial charge in [0.2, 0.25) is 10.0 Å². The van der Waals surface area contributed by atoms with E-state index in [9.17, 15) is 8.42 Å². The molecule has 0 heterocycles. The predicted molar refractivity (Wildman–Crippen MR) is 68.5 cm³/mol. The van der Waals surface area contributed by atoms with Crippen molar-refractivity contribution in [3.63, 3.8) is 0 Å². The molecule has 1 rings (SSSR count). The molecule has 0 aliphatic heterocycles. The second-order valence-electron chi connectivity index (χ2n) is 4.52. The van der Waals surface area contributed by atoms with Gasteiger partial charge in [0.1, 0.15) is 0 Å². The maximum absolute atomic E-state index is 11.6. The zero-order valence-corrected chi connectivity index (χ0v) is 11.6. The molecule has 2 N–H and O–H groups in total. The molecule has 1 aliphatic carbocycles. The highest BCUT2D eigenvalue weighted by atomic mass is 32.2. The van der Waals surface area contributed by atoms with Crippen LogP contribution in [-0.4, -0.2) is 46.0 Å². The lowest BCUT2D eigenvalue weighted by Crippen LogP contribution is -2.34. The van der Waals surface area contributed by atoms with Crippen LogP contribution < -0.4 is 10.0 Å². The second-order valence-corrected chi connectivity index (χ2v) is 6.44. The van der Waals surface area contributed by atoms with E-state index in [-0.39, 0.29) is 11.9 Å². The van der Waals surface area contributed by atoms with Gasteiger partial charge in [0.25, 0.3) is 0 Å². The Bertz CT molecular complexity index is 302. The molecule has 0 aromatic rings. The Kier molecular flexibility index (Phi) is 6.40. The molecule has 0 amide bonds. The zero-order valence-electron chi connectivity index (χ0n) is 10.7. The van der Waals surface area contributed by atoms with Crippen molar-refractivity contribution in [1.82, 2.24) is 10.0 Å². The third kappa shape index (κ3) is 7.70. The summed E-state index contributed by atoms with van der Waals surface area (Å²) in [5.74, 6) is 0.186. The molecule has 17 heavy (non-hydrogen) atoms. The smallest absolute Gasteiger partial charge is 0.211 e. The molecule has 0 aromatic carbocycles. The molecule has 0 radical (unpaired) electrons. The van der Waals surface area contributed by atoms with Gasteiger partial charge >= 0.3 is 0 Å². The summed E-state index contributed by atoms with van der Waals surface area (Å²) >= 11 is 0. The normalized spacial score (nSPS) is 18.2. The predicted octanol–water partition coefficient (Wildman–Crippen LogP) is 0.473. The first-order valence-corrected chi connectivity index (χ1v) is 8.01. The van der Waals surface area contributed by atoms with Gasteiger partial charge in [-0.2, -0.15) is 0 Å². The molecule has 1 unspecified atom stereocenters. The Hall–Kier alpha value is -0.170. The second kappa shape index (κ2) is 7.31. The molecular weight excluding hydrogens is 240 g/mol. The molecular formula is C11H24N2O3S. The largest absolute Gasteiger partial charge is 0.377 e. The van der Waals surface area contributed by atoms with E-state index in [0.717, 1.165) is 6.54 Å². The van der Waals surface area contributed by atoms with Gasteiger partial charge in [-0.15, -0.1) is 0 Å². The summed E-state index contributed by atoms with van der Waals surface area (Å²) in [6, 6.07) is 0.642. The van der Waals surface area contributed by atoms with Gasteiger partial charge in [0.15, 0.2) is 0 Å². The monoisotopic (exact) mass is 264 g/mol. The lowest BCUT2D eigenvalue weighted by atomic mass is 10.4. The van der Waals surface area contributed by atoms with Crippen LogP contribution in [0.4, 0.5) is 0 Å². The molecule has 0 spiro atoms. The Labute approximate surface area is 104 Å². The van der Waals surface area contributed by atoms with Gasteiger partial charge < -0.3 is 10.1 Å². The van der Waals surface area contributed by atoms with Crippen LogP contribution in [0.2, 0.25) is 0 Å². The minimum absolute atomic E-state index is 0.0700. The maximum Gasteiger partial charge on any atom is 0.211 e. The van der Waals surface area contributed by atoms with Crippen LogP contribution >= 0.6 is 0 Å². The van der Waals surface area contributed by atoms with E-state index in [4.69, 9.17) is 4.74 Å². The van der Waals surface area contributed by atoms with Crippen molar-refractivity contribution in [3.8, 4) is 0 Å². The van der Waals surface area contributed by atoms with E-state index in [2.05, 4.69) is 10.0 Å². The first-order chi connectivity index (χ1) is 8.03. The van der Waals surface area contributed by atoms with Crippen LogP contribution in [0, 0.1) is 0 Å². The van der Waals surface area contributed by atoms with Gasteiger partial charge in [-0.1, -0.05) is 0 Å². The van der Waals surface area contributed by atoms with Crippen molar-refractivity contribution < 1.29 is 13.2 Å². The minimum Gasteiger partial charge on any atom is -0.377 e. The third-order valence-electron chi connectivity index (χ3n) is 2.64. The number of hydrogen-bond donors (Lipinski definition) is 2. The molecule has 1 saturated carbocycles. The summed E-state index contributed by atoms with van der Waals surface area (Å²) in [4.78, 5) is 0. The Morgan fingerprint density at radius 3 is 2.71 bits per heavy atom. The van der Waals surface area contributed by atoms with Gasteiger partial charge in [-0.25, -0.2) is 13.1 Å². The van der Waals surface area contributed by atoms with Crippen LogP contribution in [0.15, 0.2) is 0 Å². The van der Waals surface area contributed by atoms with E-state index >= 15 is 0 Å². The van der Waals surface area contributed by atoms with Gasteiger partial charge in [-0.3, -0.25) is 0 Å². The van der Waals surface area contributed by atoms with Crippen LogP contribution in [0.3, 0.4) is 0 Å². The summed E-state index contributed by atoms with van der Waals surface area (Å²) in [5.41, 5.74) is 0. The van der Waals surface area contributed by atoms with Crippen molar-refractivity contribution >= 4 is 10.0 Å². The Balaban J connectivity index is 2.07. The highest BCUT2D eigenvalue weighted by molar-refractivity contribution is 7.89. The van der Waals surface area contributed by atoms with E-state index in [1.165, 1.54) is 12.8 Å². The van der Waals surface area contributed by atoms with Crippen molar-refractivity contribution in [3.05, 3.63) is 0 Å². The fourth-order valence-electron chi connectivity index (χ4n) is 1.52. The van der Waals surface area contributed by atoms with Gasteiger partial charge in [-0.05, 0) is 39.7 Å². The van der Waals surface area contributed by atoms with E-state index in [0.29, 0.717) is 25.6 Å². The number of sulfonamides is 1. The van der Waals surface area contributed by atoms with E-state index in [1.807, 2.05) is 13.8 Å². The molecule has 5 nitrogen and oxygen atoms in total. The SMILES string of the molecule is CCOC(C)CNS(=O)(=O)CCCNC1CC1. The standard InChI is InChI=1S/C11H24N2O3S/c1-3-16-10(2)9-13-17(14,15)8-4-7-12-11-5-6-11/h10-13H,3-9H2,1-2H3. The van der Waals surface area contributed by atoms with Crippen molar-refractivity contribution in [1.29, 1.82) is 0 Å². The van der Waals surface area contributed by atoms with Crippen LogP contribution in [-0.2, 0) is 14.8 Å². The fourth-order valence-corrected chi connectivity index (χ4v) is 2.67. The summed E-state index contributed by atoms with van der Waals surface area (Å²) < 4.78 is 31.0. The molecule has 0 aromatic heterocycles. The summed E-state index contributed by atoms with van der Waals surface area (Å²) in [5, 5.41) is 3.30. The molecule has 1 fully saturated rings. The van der Waals surface area contributed by atoms with Crippen LogP contribution in [0.5, 0.6) is 0 Å². The summed E-state index contributed by atoms with van der Waals surface area (Å²) in [6.07, 6.45) is 3.06. The highest BCUT2D eigenvalue weighted by Crippen LogP contribution is 2.18. The highest BCUT2D eigenvalue weighted by Gasteiger charge is 2.20. The lowest BCUT2D eigenvalue weighted by molar-refractivity contribution is 0.0799. The maximum atomic E-state index is 11.6. The van der Waals surface area contributed by atoms with Crippen LogP contribution in [0.1, 0.15) is 33.1 Å². The minimum atomic E-state index is -3.14. The van der Waals surface area contributed by atoms with Crippen molar-refractivity contribution in [2.45, 2.75) is 45.3 Å². The molecule has 6 heteroatoms. The molecule has 102 valence electrons. The summed E-state index contributed by atoms with van der Waals surface area (Å²) in [7, 11) is -3.14. The molecule has 0 bridgehead atoms. The van der Waals surface area contributed by atoms with E-state index in [1.54, 1.807) is 0 Å². The van der Waals surface area contributed by atoms with Crippen molar-refractivity contribution in [2.24, 2.45) is 0 Å².